The summed E-state index contributed by atoms with van der Waals surface area (Å²) in [6.07, 6.45) is 5.63. The number of ketones is 1. The van der Waals surface area contributed by atoms with Crippen LogP contribution in [0, 0.1) is 0 Å². The SMILES string of the molecule is CCCCCc1nc(C(=O)c2ccccc2)co1. The van der Waals surface area contributed by atoms with E-state index in [2.05, 4.69) is 11.9 Å². The fourth-order valence-electron chi connectivity index (χ4n) is 1.79. The molecule has 0 saturated carbocycles. The van der Waals surface area contributed by atoms with Crippen molar-refractivity contribution in [3.63, 3.8) is 0 Å². The van der Waals surface area contributed by atoms with Crippen LogP contribution >= 0.6 is 0 Å². The highest BCUT2D eigenvalue weighted by atomic mass is 16.3. The second kappa shape index (κ2) is 6.15. The van der Waals surface area contributed by atoms with E-state index in [1.807, 2.05) is 18.2 Å². The number of benzene rings is 1. The highest BCUT2D eigenvalue weighted by molar-refractivity contribution is 6.07. The van der Waals surface area contributed by atoms with Gasteiger partial charge in [0.25, 0.3) is 0 Å². The molecule has 1 heterocycles. The van der Waals surface area contributed by atoms with Gasteiger partial charge in [-0.1, -0.05) is 50.1 Å². The molecule has 0 saturated heterocycles. The smallest absolute Gasteiger partial charge is 0.214 e. The van der Waals surface area contributed by atoms with Crippen LogP contribution in [0.4, 0.5) is 0 Å². The molecule has 0 aliphatic heterocycles. The van der Waals surface area contributed by atoms with Crippen LogP contribution in [0.5, 0.6) is 0 Å². The number of rotatable bonds is 6. The fourth-order valence-corrected chi connectivity index (χ4v) is 1.79. The molecule has 3 heteroatoms. The lowest BCUT2D eigenvalue weighted by Gasteiger charge is -1.95. The van der Waals surface area contributed by atoms with Crippen molar-refractivity contribution in [3.05, 3.63) is 53.7 Å². The third kappa shape index (κ3) is 3.06. The lowest BCUT2D eigenvalue weighted by atomic mass is 10.1. The lowest BCUT2D eigenvalue weighted by Crippen LogP contribution is -2.01. The molecule has 0 aliphatic rings. The molecule has 0 radical (unpaired) electrons. The van der Waals surface area contributed by atoms with E-state index >= 15 is 0 Å². The predicted octanol–water partition coefficient (Wildman–Crippen LogP) is 3.64. The Morgan fingerprint density at radius 3 is 2.72 bits per heavy atom. The number of aryl methyl sites for hydroxylation is 1. The summed E-state index contributed by atoms with van der Waals surface area (Å²) in [4.78, 5) is 16.3. The van der Waals surface area contributed by atoms with Gasteiger partial charge in [0.1, 0.15) is 12.0 Å². The Labute approximate surface area is 107 Å². The molecule has 0 atom stereocenters. The molecular formula is C15H17NO2. The first-order chi connectivity index (χ1) is 8.81. The van der Waals surface area contributed by atoms with E-state index in [-0.39, 0.29) is 5.78 Å². The predicted molar refractivity (Wildman–Crippen MR) is 69.6 cm³/mol. The summed E-state index contributed by atoms with van der Waals surface area (Å²) in [6, 6.07) is 9.14. The van der Waals surface area contributed by atoms with Crippen LogP contribution in [0.25, 0.3) is 0 Å². The number of oxazole rings is 1. The fraction of sp³-hybridized carbons (Fsp3) is 0.333. The van der Waals surface area contributed by atoms with Crippen molar-refractivity contribution < 1.29 is 9.21 Å². The molecule has 1 aromatic carbocycles. The second-order valence-corrected chi connectivity index (χ2v) is 4.28. The van der Waals surface area contributed by atoms with Gasteiger partial charge < -0.3 is 4.42 Å². The molecule has 0 N–H and O–H groups in total. The molecule has 0 fully saturated rings. The van der Waals surface area contributed by atoms with Crippen LogP contribution in [0.15, 0.2) is 41.0 Å². The van der Waals surface area contributed by atoms with E-state index in [0.29, 0.717) is 17.1 Å². The van der Waals surface area contributed by atoms with Gasteiger partial charge >= 0.3 is 0 Å². The van der Waals surface area contributed by atoms with Crippen molar-refractivity contribution in [1.82, 2.24) is 4.98 Å². The molecule has 2 aromatic rings. The van der Waals surface area contributed by atoms with E-state index in [4.69, 9.17) is 4.42 Å². The number of hydrogen-bond acceptors (Lipinski definition) is 3. The third-order valence-corrected chi connectivity index (χ3v) is 2.81. The molecule has 2 rings (SSSR count). The molecule has 0 unspecified atom stereocenters. The van der Waals surface area contributed by atoms with Gasteiger partial charge in [-0.15, -0.1) is 0 Å². The Balaban J connectivity index is 2.04. The largest absolute Gasteiger partial charge is 0.448 e. The van der Waals surface area contributed by atoms with Gasteiger partial charge in [-0.25, -0.2) is 4.98 Å². The Hall–Kier alpha value is -1.90. The maximum Gasteiger partial charge on any atom is 0.214 e. The molecule has 0 amide bonds. The maximum atomic E-state index is 12.1. The highest BCUT2D eigenvalue weighted by Crippen LogP contribution is 2.11. The van der Waals surface area contributed by atoms with Crippen LogP contribution in [-0.2, 0) is 6.42 Å². The topological polar surface area (TPSA) is 43.1 Å². The van der Waals surface area contributed by atoms with Crippen LogP contribution in [-0.4, -0.2) is 10.8 Å². The lowest BCUT2D eigenvalue weighted by molar-refractivity contribution is 0.103. The standard InChI is InChI=1S/C15H17NO2/c1-2-3-5-10-14-16-13(11-18-14)15(17)12-8-6-4-7-9-12/h4,6-9,11H,2-3,5,10H2,1H3. The monoisotopic (exact) mass is 243 g/mol. The average molecular weight is 243 g/mol. The van der Waals surface area contributed by atoms with Gasteiger partial charge in [0.05, 0.1) is 0 Å². The van der Waals surface area contributed by atoms with Crippen molar-refractivity contribution in [2.75, 3.05) is 0 Å². The molecule has 3 nitrogen and oxygen atoms in total. The van der Waals surface area contributed by atoms with Crippen molar-refractivity contribution in [1.29, 1.82) is 0 Å². The van der Waals surface area contributed by atoms with E-state index in [1.54, 1.807) is 12.1 Å². The summed E-state index contributed by atoms with van der Waals surface area (Å²) in [6.45, 7) is 2.15. The second-order valence-electron chi connectivity index (χ2n) is 4.28. The van der Waals surface area contributed by atoms with Gasteiger partial charge in [-0.3, -0.25) is 4.79 Å². The number of hydrogen-bond donors (Lipinski definition) is 0. The van der Waals surface area contributed by atoms with E-state index in [1.165, 1.54) is 6.26 Å². The third-order valence-electron chi connectivity index (χ3n) is 2.81. The van der Waals surface area contributed by atoms with Crippen LogP contribution in [0.2, 0.25) is 0 Å². The van der Waals surface area contributed by atoms with E-state index in [0.717, 1.165) is 25.7 Å². The van der Waals surface area contributed by atoms with Crippen molar-refractivity contribution >= 4 is 5.78 Å². The first-order valence-electron chi connectivity index (χ1n) is 6.35. The summed E-state index contributed by atoms with van der Waals surface area (Å²) in [7, 11) is 0. The molecule has 94 valence electrons. The van der Waals surface area contributed by atoms with Gasteiger partial charge in [0.15, 0.2) is 5.89 Å². The number of nitrogens with zero attached hydrogens (tertiary/aromatic N) is 1. The summed E-state index contributed by atoms with van der Waals surface area (Å²) in [5.41, 5.74) is 1.04. The normalized spacial score (nSPS) is 10.5. The zero-order valence-electron chi connectivity index (χ0n) is 10.6. The zero-order chi connectivity index (χ0) is 12.8. The molecule has 1 aromatic heterocycles. The average Bonchev–Trinajstić information content (AvgIpc) is 2.88. The minimum atomic E-state index is -0.0823. The van der Waals surface area contributed by atoms with Gasteiger partial charge in [0.2, 0.25) is 5.78 Å². The van der Waals surface area contributed by atoms with Gasteiger partial charge in [-0.2, -0.15) is 0 Å². The molecule has 18 heavy (non-hydrogen) atoms. The van der Waals surface area contributed by atoms with E-state index < -0.39 is 0 Å². The summed E-state index contributed by atoms with van der Waals surface area (Å²) in [5, 5.41) is 0. The minimum absolute atomic E-state index is 0.0823. The van der Waals surface area contributed by atoms with E-state index in [9.17, 15) is 4.79 Å². The zero-order valence-corrected chi connectivity index (χ0v) is 10.6. The highest BCUT2D eigenvalue weighted by Gasteiger charge is 2.13. The molecule has 0 bridgehead atoms. The summed E-state index contributed by atoms with van der Waals surface area (Å²) >= 11 is 0. The molecular weight excluding hydrogens is 226 g/mol. The Bertz CT molecular complexity index is 502. The first-order valence-corrected chi connectivity index (χ1v) is 6.35. The van der Waals surface area contributed by atoms with Gasteiger partial charge in [-0.05, 0) is 6.42 Å². The summed E-state index contributed by atoms with van der Waals surface area (Å²) < 4.78 is 5.32. The number of unbranched alkanes of at least 4 members (excludes halogenated alkanes) is 2. The van der Waals surface area contributed by atoms with Gasteiger partial charge in [0, 0.05) is 12.0 Å². The van der Waals surface area contributed by atoms with Crippen LogP contribution in [0.1, 0.15) is 48.1 Å². The Morgan fingerprint density at radius 2 is 2.00 bits per heavy atom. The van der Waals surface area contributed by atoms with Crippen molar-refractivity contribution in [3.8, 4) is 0 Å². The Kier molecular flexibility index (Phi) is 4.29. The number of carbonyl (C=O) groups excluding carboxylic acids is 1. The Morgan fingerprint density at radius 1 is 1.22 bits per heavy atom. The molecule has 0 spiro atoms. The number of carbonyl (C=O) groups is 1. The minimum Gasteiger partial charge on any atom is -0.448 e. The maximum absolute atomic E-state index is 12.1. The van der Waals surface area contributed by atoms with Crippen LogP contribution < -0.4 is 0 Å². The van der Waals surface area contributed by atoms with Crippen LogP contribution in [0.3, 0.4) is 0 Å². The van der Waals surface area contributed by atoms with Crippen molar-refractivity contribution in [2.24, 2.45) is 0 Å². The van der Waals surface area contributed by atoms with Crippen molar-refractivity contribution in [2.45, 2.75) is 32.6 Å². The molecule has 0 aliphatic carbocycles. The quantitative estimate of drug-likeness (QED) is 0.574. The first kappa shape index (κ1) is 12.6. The number of aromatic nitrogens is 1. The summed E-state index contributed by atoms with van der Waals surface area (Å²) in [5.74, 6) is 0.573.